The highest BCUT2D eigenvalue weighted by molar-refractivity contribution is 5.92. The minimum absolute atomic E-state index is 0.113. The average Bonchev–Trinajstić information content (AvgIpc) is 3.02. The second-order valence-corrected chi connectivity index (χ2v) is 6.32. The fourth-order valence-electron chi connectivity index (χ4n) is 2.67. The van der Waals surface area contributed by atoms with Gasteiger partial charge >= 0.3 is 0 Å². The molecule has 1 heterocycles. The van der Waals surface area contributed by atoms with E-state index >= 15 is 0 Å². The van der Waals surface area contributed by atoms with Gasteiger partial charge in [-0.2, -0.15) is 5.10 Å². The number of rotatable bonds is 9. The van der Waals surface area contributed by atoms with Gasteiger partial charge < -0.3 is 10.1 Å². The molecule has 0 radical (unpaired) electrons. The molecule has 0 fully saturated rings. The van der Waals surface area contributed by atoms with Crippen LogP contribution in [0, 0.1) is 5.92 Å². The van der Waals surface area contributed by atoms with Crippen molar-refractivity contribution in [1.82, 2.24) is 15.1 Å². The standard InChI is InChI=1S/C20H29N3O2/c1-5-15(6-2)14-25-18-10-8-9-16(11-18)13-21-20(24)19-12-17(7-3)22-23(19)4/h8-12,15H,5-7,13-14H2,1-4H3,(H,21,24). The number of carbonyl (C=O) groups excluding carboxylic acids is 1. The highest BCUT2D eigenvalue weighted by Gasteiger charge is 2.12. The summed E-state index contributed by atoms with van der Waals surface area (Å²) in [6, 6.07) is 9.74. The first-order chi connectivity index (χ1) is 12.1. The average molecular weight is 343 g/mol. The summed E-state index contributed by atoms with van der Waals surface area (Å²) in [5.41, 5.74) is 2.52. The molecule has 2 aromatic rings. The lowest BCUT2D eigenvalue weighted by molar-refractivity contribution is 0.0941. The molecule has 0 saturated carbocycles. The van der Waals surface area contributed by atoms with E-state index in [1.54, 1.807) is 11.7 Å². The molecule has 1 amide bonds. The van der Waals surface area contributed by atoms with Crippen molar-refractivity contribution in [2.45, 2.75) is 46.6 Å². The number of hydrogen-bond acceptors (Lipinski definition) is 3. The predicted octanol–water partition coefficient (Wildman–Crippen LogP) is 3.73. The summed E-state index contributed by atoms with van der Waals surface area (Å²) in [6.07, 6.45) is 3.06. The zero-order valence-corrected chi connectivity index (χ0v) is 15.7. The first-order valence-electron chi connectivity index (χ1n) is 9.10. The fourth-order valence-corrected chi connectivity index (χ4v) is 2.67. The largest absolute Gasteiger partial charge is 0.493 e. The summed E-state index contributed by atoms with van der Waals surface area (Å²) in [6.45, 7) is 7.60. The van der Waals surface area contributed by atoms with E-state index in [1.807, 2.05) is 37.3 Å². The second kappa shape index (κ2) is 9.25. The molecule has 0 atom stereocenters. The van der Waals surface area contributed by atoms with E-state index in [-0.39, 0.29) is 5.91 Å². The molecule has 1 aromatic heterocycles. The first-order valence-corrected chi connectivity index (χ1v) is 9.10. The zero-order valence-electron chi connectivity index (χ0n) is 15.7. The minimum atomic E-state index is -0.113. The van der Waals surface area contributed by atoms with Crippen LogP contribution in [0.1, 0.15) is 55.4 Å². The molecular formula is C20H29N3O2. The number of aromatic nitrogens is 2. The number of carbonyl (C=O) groups is 1. The number of nitrogens with one attached hydrogen (secondary N) is 1. The third kappa shape index (κ3) is 5.34. The summed E-state index contributed by atoms with van der Waals surface area (Å²) < 4.78 is 7.52. The third-order valence-electron chi connectivity index (χ3n) is 4.52. The molecule has 0 unspecified atom stereocenters. The highest BCUT2D eigenvalue weighted by atomic mass is 16.5. The molecule has 5 nitrogen and oxygen atoms in total. The molecular weight excluding hydrogens is 314 g/mol. The Labute approximate surface area is 150 Å². The van der Waals surface area contributed by atoms with Crippen molar-refractivity contribution in [2.75, 3.05) is 6.61 Å². The van der Waals surface area contributed by atoms with Crippen molar-refractivity contribution in [1.29, 1.82) is 0 Å². The summed E-state index contributed by atoms with van der Waals surface area (Å²) in [5.74, 6) is 1.33. The number of nitrogens with zero attached hydrogens (tertiary/aromatic N) is 2. The lowest BCUT2D eigenvalue weighted by atomic mass is 10.1. The van der Waals surface area contributed by atoms with Crippen molar-refractivity contribution in [2.24, 2.45) is 13.0 Å². The Morgan fingerprint density at radius 1 is 1.24 bits per heavy atom. The number of aryl methyl sites for hydroxylation is 2. The van der Waals surface area contributed by atoms with Crippen molar-refractivity contribution in [3.05, 3.63) is 47.3 Å². The lowest BCUT2D eigenvalue weighted by Crippen LogP contribution is -2.25. The van der Waals surface area contributed by atoms with E-state index in [1.165, 1.54) is 0 Å². The summed E-state index contributed by atoms with van der Waals surface area (Å²) in [7, 11) is 1.79. The van der Waals surface area contributed by atoms with E-state index in [0.717, 1.165) is 42.9 Å². The Morgan fingerprint density at radius 3 is 2.64 bits per heavy atom. The lowest BCUT2D eigenvalue weighted by Gasteiger charge is -2.14. The van der Waals surface area contributed by atoms with Gasteiger partial charge in [-0.15, -0.1) is 0 Å². The summed E-state index contributed by atoms with van der Waals surface area (Å²) >= 11 is 0. The SMILES string of the molecule is CCc1cc(C(=O)NCc2cccc(OCC(CC)CC)c2)n(C)n1. The molecule has 25 heavy (non-hydrogen) atoms. The number of ether oxygens (including phenoxy) is 1. The maximum absolute atomic E-state index is 12.3. The van der Waals surface area contributed by atoms with Gasteiger partial charge in [-0.1, -0.05) is 45.7 Å². The Bertz CT molecular complexity index is 690. The summed E-state index contributed by atoms with van der Waals surface area (Å²) in [4.78, 5) is 12.3. The first kappa shape index (κ1) is 19.0. The Balaban J connectivity index is 1.93. The van der Waals surface area contributed by atoms with Gasteiger partial charge in [0.05, 0.1) is 12.3 Å². The van der Waals surface area contributed by atoms with Crippen LogP contribution in [0.3, 0.4) is 0 Å². The predicted molar refractivity (Wildman–Crippen MR) is 99.8 cm³/mol. The molecule has 0 spiro atoms. The third-order valence-corrected chi connectivity index (χ3v) is 4.52. The Kier molecular flexibility index (Phi) is 7.04. The van der Waals surface area contributed by atoms with Crippen LogP contribution in [0.15, 0.2) is 30.3 Å². The van der Waals surface area contributed by atoms with Crippen molar-refractivity contribution in [3.8, 4) is 5.75 Å². The van der Waals surface area contributed by atoms with Gasteiger partial charge in [-0.05, 0) is 36.1 Å². The van der Waals surface area contributed by atoms with E-state index in [9.17, 15) is 4.79 Å². The number of hydrogen-bond donors (Lipinski definition) is 1. The van der Waals surface area contributed by atoms with Gasteiger partial charge in [-0.25, -0.2) is 0 Å². The molecule has 0 bridgehead atoms. The van der Waals surface area contributed by atoms with Gasteiger partial charge in [0.1, 0.15) is 11.4 Å². The zero-order chi connectivity index (χ0) is 18.2. The topological polar surface area (TPSA) is 56.1 Å². The minimum Gasteiger partial charge on any atom is -0.493 e. The second-order valence-electron chi connectivity index (χ2n) is 6.32. The van der Waals surface area contributed by atoms with Crippen molar-refractivity contribution >= 4 is 5.91 Å². The van der Waals surface area contributed by atoms with Crippen LogP contribution < -0.4 is 10.1 Å². The van der Waals surface area contributed by atoms with E-state index < -0.39 is 0 Å². The Hall–Kier alpha value is -2.30. The fraction of sp³-hybridized carbons (Fsp3) is 0.500. The quantitative estimate of drug-likeness (QED) is 0.755. The van der Waals surface area contributed by atoms with Crippen LogP contribution in [0.25, 0.3) is 0 Å². The molecule has 1 N–H and O–H groups in total. The van der Waals surface area contributed by atoms with Crippen LogP contribution in [-0.4, -0.2) is 22.3 Å². The van der Waals surface area contributed by atoms with Gasteiger partial charge in [0.2, 0.25) is 0 Å². The maximum atomic E-state index is 12.3. The molecule has 5 heteroatoms. The molecule has 136 valence electrons. The molecule has 2 rings (SSSR count). The maximum Gasteiger partial charge on any atom is 0.269 e. The molecule has 1 aromatic carbocycles. The Morgan fingerprint density at radius 2 is 2.00 bits per heavy atom. The van der Waals surface area contributed by atoms with Gasteiger partial charge in [0.25, 0.3) is 5.91 Å². The van der Waals surface area contributed by atoms with E-state index in [4.69, 9.17) is 4.74 Å². The van der Waals surface area contributed by atoms with Crippen molar-refractivity contribution < 1.29 is 9.53 Å². The van der Waals surface area contributed by atoms with Crippen LogP contribution in [0.5, 0.6) is 5.75 Å². The van der Waals surface area contributed by atoms with E-state index in [0.29, 0.717) is 18.2 Å². The highest BCUT2D eigenvalue weighted by Crippen LogP contribution is 2.16. The van der Waals surface area contributed by atoms with Crippen molar-refractivity contribution in [3.63, 3.8) is 0 Å². The van der Waals surface area contributed by atoms with E-state index in [2.05, 4.69) is 24.3 Å². The van der Waals surface area contributed by atoms with Gasteiger partial charge in [0.15, 0.2) is 0 Å². The monoisotopic (exact) mass is 343 g/mol. The molecule has 0 aliphatic rings. The smallest absolute Gasteiger partial charge is 0.269 e. The van der Waals surface area contributed by atoms with Gasteiger partial charge in [0, 0.05) is 13.6 Å². The molecule has 0 saturated heterocycles. The summed E-state index contributed by atoms with van der Waals surface area (Å²) in [5, 5.41) is 7.26. The van der Waals surface area contributed by atoms with Crippen LogP contribution in [0.2, 0.25) is 0 Å². The number of benzene rings is 1. The van der Waals surface area contributed by atoms with Crippen LogP contribution >= 0.6 is 0 Å². The van der Waals surface area contributed by atoms with Crippen LogP contribution in [-0.2, 0) is 20.0 Å². The molecule has 0 aliphatic carbocycles. The molecule has 0 aliphatic heterocycles. The van der Waals surface area contributed by atoms with Gasteiger partial charge in [-0.3, -0.25) is 9.48 Å². The van der Waals surface area contributed by atoms with Crippen LogP contribution in [0.4, 0.5) is 0 Å². The normalized spacial score (nSPS) is 10.9. The number of amides is 1.